The number of hydrogen-bond donors (Lipinski definition) is 0. The van der Waals surface area contributed by atoms with E-state index in [2.05, 4.69) is 11.8 Å². The highest BCUT2D eigenvalue weighted by atomic mass is 16.1. The van der Waals surface area contributed by atoms with Crippen LogP contribution in [0.4, 0.5) is 0 Å². The Balaban J connectivity index is 2.21. The summed E-state index contributed by atoms with van der Waals surface area (Å²) in [5.74, 6) is 0.451. The zero-order chi connectivity index (χ0) is 7.90. The third-order valence-electron chi connectivity index (χ3n) is 3.29. The molecule has 0 N–H and O–H groups in total. The minimum Gasteiger partial charge on any atom is -0.298 e. The Morgan fingerprint density at radius 3 is 3.09 bits per heavy atom. The normalized spacial score (nSPS) is 38.1. The zero-order valence-electron chi connectivity index (χ0n) is 7.10. The standard InChI is InChI=1S/C9H15NO/c1-2-9-4-3-5-10(9)7-8(11)6-9/h2-7H2,1H3. The van der Waals surface area contributed by atoms with Crippen LogP contribution in [0.2, 0.25) is 0 Å². The van der Waals surface area contributed by atoms with E-state index >= 15 is 0 Å². The number of fused-ring (bicyclic) bond motifs is 1. The van der Waals surface area contributed by atoms with Crippen molar-refractivity contribution >= 4 is 5.78 Å². The van der Waals surface area contributed by atoms with Gasteiger partial charge in [-0.25, -0.2) is 0 Å². The maximum Gasteiger partial charge on any atom is 0.148 e. The Hall–Kier alpha value is -0.370. The van der Waals surface area contributed by atoms with Gasteiger partial charge in [0.2, 0.25) is 0 Å². The Morgan fingerprint density at radius 2 is 2.45 bits per heavy atom. The summed E-state index contributed by atoms with van der Waals surface area (Å²) in [7, 11) is 0. The van der Waals surface area contributed by atoms with Gasteiger partial charge in [-0.05, 0) is 25.8 Å². The average Bonchev–Trinajstić information content (AvgIpc) is 2.43. The molecule has 0 aromatic rings. The quantitative estimate of drug-likeness (QED) is 0.564. The number of Topliss-reactive ketones (excluding diaryl/α,β-unsaturated/α-hetero) is 1. The molecule has 2 aliphatic heterocycles. The summed E-state index contributed by atoms with van der Waals surface area (Å²) in [4.78, 5) is 13.6. The molecule has 0 aromatic carbocycles. The maximum atomic E-state index is 11.2. The van der Waals surface area contributed by atoms with E-state index in [1.807, 2.05) is 0 Å². The summed E-state index contributed by atoms with van der Waals surface area (Å²) in [6.45, 7) is 4.09. The summed E-state index contributed by atoms with van der Waals surface area (Å²) < 4.78 is 0. The molecule has 0 aliphatic carbocycles. The van der Waals surface area contributed by atoms with Crippen LogP contribution in [-0.2, 0) is 4.79 Å². The van der Waals surface area contributed by atoms with Crippen molar-refractivity contribution in [3.63, 3.8) is 0 Å². The van der Waals surface area contributed by atoms with Gasteiger partial charge in [-0.3, -0.25) is 9.69 Å². The fourth-order valence-corrected chi connectivity index (χ4v) is 2.60. The molecular weight excluding hydrogens is 138 g/mol. The first-order valence-electron chi connectivity index (χ1n) is 4.54. The van der Waals surface area contributed by atoms with Crippen molar-refractivity contribution in [2.45, 2.75) is 38.1 Å². The maximum absolute atomic E-state index is 11.2. The second-order valence-corrected chi connectivity index (χ2v) is 3.82. The average molecular weight is 153 g/mol. The molecule has 1 atom stereocenters. The van der Waals surface area contributed by atoms with Crippen LogP contribution in [0.5, 0.6) is 0 Å². The first kappa shape index (κ1) is 7.29. The minimum atomic E-state index is 0.303. The highest BCUT2D eigenvalue weighted by Gasteiger charge is 2.46. The molecule has 0 bridgehead atoms. The first-order chi connectivity index (χ1) is 5.27. The van der Waals surface area contributed by atoms with E-state index in [-0.39, 0.29) is 0 Å². The minimum absolute atomic E-state index is 0.303. The van der Waals surface area contributed by atoms with Crippen molar-refractivity contribution in [1.82, 2.24) is 4.90 Å². The Bertz CT molecular complexity index is 190. The molecule has 0 radical (unpaired) electrons. The molecule has 0 amide bonds. The molecule has 62 valence electrons. The monoisotopic (exact) mass is 153 g/mol. The van der Waals surface area contributed by atoms with Crippen molar-refractivity contribution in [2.75, 3.05) is 13.1 Å². The predicted molar refractivity (Wildman–Crippen MR) is 43.5 cm³/mol. The lowest BCUT2D eigenvalue weighted by Crippen LogP contribution is -2.37. The van der Waals surface area contributed by atoms with Crippen LogP contribution in [-0.4, -0.2) is 29.3 Å². The number of nitrogens with zero attached hydrogens (tertiary/aromatic N) is 1. The second kappa shape index (κ2) is 2.31. The summed E-state index contributed by atoms with van der Waals surface area (Å²) in [6.07, 6.45) is 4.51. The molecule has 2 saturated heterocycles. The molecule has 2 rings (SSSR count). The van der Waals surface area contributed by atoms with Gasteiger partial charge in [0.1, 0.15) is 5.78 Å². The Labute approximate surface area is 67.6 Å². The molecule has 2 heteroatoms. The van der Waals surface area contributed by atoms with Gasteiger partial charge in [0.15, 0.2) is 0 Å². The van der Waals surface area contributed by atoms with E-state index in [0.29, 0.717) is 11.3 Å². The van der Waals surface area contributed by atoms with Gasteiger partial charge >= 0.3 is 0 Å². The fraction of sp³-hybridized carbons (Fsp3) is 0.889. The van der Waals surface area contributed by atoms with Crippen molar-refractivity contribution < 1.29 is 4.79 Å². The van der Waals surface area contributed by atoms with E-state index in [4.69, 9.17) is 0 Å². The van der Waals surface area contributed by atoms with Crippen molar-refractivity contribution in [2.24, 2.45) is 0 Å². The summed E-state index contributed by atoms with van der Waals surface area (Å²) >= 11 is 0. The first-order valence-corrected chi connectivity index (χ1v) is 4.54. The van der Waals surface area contributed by atoms with Crippen LogP contribution < -0.4 is 0 Å². The third-order valence-corrected chi connectivity index (χ3v) is 3.29. The molecule has 0 aromatic heterocycles. The van der Waals surface area contributed by atoms with Gasteiger partial charge in [0, 0.05) is 12.0 Å². The van der Waals surface area contributed by atoms with E-state index < -0.39 is 0 Å². The van der Waals surface area contributed by atoms with Crippen LogP contribution in [0.1, 0.15) is 32.6 Å². The van der Waals surface area contributed by atoms with Crippen LogP contribution in [0, 0.1) is 0 Å². The Kier molecular flexibility index (Phi) is 1.53. The number of ketones is 1. The molecular formula is C9H15NO. The highest BCUT2D eigenvalue weighted by Crippen LogP contribution is 2.39. The molecule has 0 spiro atoms. The van der Waals surface area contributed by atoms with E-state index in [1.165, 1.54) is 12.8 Å². The molecule has 1 unspecified atom stereocenters. The van der Waals surface area contributed by atoms with Gasteiger partial charge in [-0.2, -0.15) is 0 Å². The SMILES string of the molecule is CCC12CCCN1CC(=O)C2. The smallest absolute Gasteiger partial charge is 0.148 e. The zero-order valence-corrected chi connectivity index (χ0v) is 7.10. The van der Waals surface area contributed by atoms with Crippen LogP contribution in [0.3, 0.4) is 0 Å². The van der Waals surface area contributed by atoms with Gasteiger partial charge in [-0.1, -0.05) is 6.92 Å². The topological polar surface area (TPSA) is 20.3 Å². The van der Waals surface area contributed by atoms with Gasteiger partial charge < -0.3 is 0 Å². The molecule has 0 saturated carbocycles. The molecule has 11 heavy (non-hydrogen) atoms. The van der Waals surface area contributed by atoms with Crippen molar-refractivity contribution in [1.29, 1.82) is 0 Å². The van der Waals surface area contributed by atoms with Gasteiger partial charge in [0.25, 0.3) is 0 Å². The summed E-state index contributed by atoms with van der Waals surface area (Å²) in [5, 5.41) is 0. The lowest BCUT2D eigenvalue weighted by Gasteiger charge is -2.29. The number of carbonyl (C=O) groups excluding carboxylic acids is 1. The Morgan fingerprint density at radius 1 is 1.64 bits per heavy atom. The second-order valence-electron chi connectivity index (χ2n) is 3.82. The third kappa shape index (κ3) is 0.924. The molecule has 2 heterocycles. The van der Waals surface area contributed by atoms with E-state index in [1.54, 1.807) is 0 Å². The van der Waals surface area contributed by atoms with E-state index in [9.17, 15) is 4.79 Å². The number of hydrogen-bond acceptors (Lipinski definition) is 2. The lowest BCUT2D eigenvalue weighted by atomic mass is 9.91. The molecule has 2 aliphatic rings. The van der Waals surface area contributed by atoms with Crippen molar-refractivity contribution in [3.8, 4) is 0 Å². The lowest BCUT2D eigenvalue weighted by molar-refractivity contribution is -0.117. The van der Waals surface area contributed by atoms with Crippen molar-refractivity contribution in [3.05, 3.63) is 0 Å². The fourth-order valence-electron chi connectivity index (χ4n) is 2.60. The number of carbonyl (C=O) groups is 1. The van der Waals surface area contributed by atoms with Gasteiger partial charge in [0.05, 0.1) is 6.54 Å². The predicted octanol–water partition coefficient (Wildman–Crippen LogP) is 1.20. The molecule has 2 fully saturated rings. The summed E-state index contributed by atoms with van der Waals surface area (Å²) in [6, 6.07) is 0. The van der Waals surface area contributed by atoms with Crippen LogP contribution in [0.25, 0.3) is 0 Å². The highest BCUT2D eigenvalue weighted by molar-refractivity contribution is 5.84. The van der Waals surface area contributed by atoms with Crippen LogP contribution in [0.15, 0.2) is 0 Å². The summed E-state index contributed by atoms with van der Waals surface area (Å²) in [5.41, 5.74) is 0.303. The van der Waals surface area contributed by atoms with Crippen LogP contribution >= 0.6 is 0 Å². The molecule has 2 nitrogen and oxygen atoms in total. The largest absolute Gasteiger partial charge is 0.298 e. The van der Waals surface area contributed by atoms with Gasteiger partial charge in [-0.15, -0.1) is 0 Å². The number of rotatable bonds is 1. The van der Waals surface area contributed by atoms with E-state index in [0.717, 1.165) is 25.9 Å².